The highest BCUT2D eigenvalue weighted by Gasteiger charge is 2.36. The summed E-state index contributed by atoms with van der Waals surface area (Å²) in [5, 5.41) is 33.2. The number of benzene rings is 1. The first-order chi connectivity index (χ1) is 11.3. The van der Waals surface area contributed by atoms with Gasteiger partial charge in [-0.15, -0.1) is 0 Å². The number of rotatable bonds is 3. The van der Waals surface area contributed by atoms with Crippen LogP contribution in [0.5, 0.6) is 0 Å². The van der Waals surface area contributed by atoms with Crippen LogP contribution < -0.4 is 0 Å². The molecule has 0 saturated carbocycles. The third-order valence-corrected chi connectivity index (χ3v) is 2.82. The van der Waals surface area contributed by atoms with Gasteiger partial charge in [0.25, 0.3) is 11.9 Å². The standard InChI is InChI=1S/C12H16O4.2C2H4O2/c13-6-12(7-14)8-15-11(16-9-12)10-4-2-1-3-5-10;2*1-2(3)4/h1-5,11,13-14H,6-9H2;2*1H3,(H,3,4). The Balaban J connectivity index is 0.000000558. The third kappa shape index (κ3) is 9.21. The molecule has 1 saturated heterocycles. The molecule has 1 aromatic carbocycles. The van der Waals surface area contributed by atoms with Crippen molar-refractivity contribution in [2.75, 3.05) is 26.4 Å². The Morgan fingerprint density at radius 1 is 1.00 bits per heavy atom. The lowest BCUT2D eigenvalue weighted by Crippen LogP contribution is -2.44. The number of hydrogen-bond donors (Lipinski definition) is 4. The zero-order chi connectivity index (χ0) is 18.6. The summed E-state index contributed by atoms with van der Waals surface area (Å²) < 4.78 is 11.0. The van der Waals surface area contributed by atoms with Crippen LogP contribution in [0.2, 0.25) is 0 Å². The topological polar surface area (TPSA) is 134 Å². The highest BCUT2D eigenvalue weighted by Crippen LogP contribution is 2.30. The van der Waals surface area contributed by atoms with Crippen molar-refractivity contribution in [2.24, 2.45) is 5.41 Å². The van der Waals surface area contributed by atoms with Crippen molar-refractivity contribution in [1.82, 2.24) is 0 Å². The molecule has 8 nitrogen and oxygen atoms in total. The van der Waals surface area contributed by atoms with Crippen LogP contribution in [-0.4, -0.2) is 58.8 Å². The Morgan fingerprint density at radius 3 is 1.71 bits per heavy atom. The van der Waals surface area contributed by atoms with Crippen molar-refractivity contribution in [3.8, 4) is 0 Å². The number of carbonyl (C=O) groups is 2. The highest BCUT2D eigenvalue weighted by molar-refractivity contribution is 5.63. The van der Waals surface area contributed by atoms with E-state index in [2.05, 4.69) is 0 Å². The first kappa shape index (κ1) is 22.0. The molecule has 1 aliphatic heterocycles. The second-order valence-corrected chi connectivity index (χ2v) is 5.22. The lowest BCUT2D eigenvalue weighted by Gasteiger charge is -2.37. The van der Waals surface area contributed by atoms with Gasteiger partial charge in [0.1, 0.15) is 0 Å². The van der Waals surface area contributed by atoms with Gasteiger partial charge in [-0.3, -0.25) is 9.59 Å². The summed E-state index contributed by atoms with van der Waals surface area (Å²) in [5.41, 5.74) is 0.289. The van der Waals surface area contributed by atoms with Gasteiger partial charge in [0.15, 0.2) is 6.29 Å². The van der Waals surface area contributed by atoms with E-state index >= 15 is 0 Å². The Labute approximate surface area is 140 Å². The summed E-state index contributed by atoms with van der Waals surface area (Å²) in [6, 6.07) is 9.62. The van der Waals surface area contributed by atoms with Crippen LogP contribution >= 0.6 is 0 Å². The molecule has 2 rings (SSSR count). The highest BCUT2D eigenvalue weighted by atomic mass is 16.7. The molecule has 0 aromatic heterocycles. The van der Waals surface area contributed by atoms with Crippen molar-refractivity contribution in [2.45, 2.75) is 20.1 Å². The summed E-state index contributed by atoms with van der Waals surface area (Å²) in [6.07, 6.45) is -0.396. The van der Waals surface area contributed by atoms with Gasteiger partial charge < -0.3 is 29.9 Å². The second kappa shape index (κ2) is 11.5. The molecular weight excluding hydrogens is 320 g/mol. The van der Waals surface area contributed by atoms with Gasteiger partial charge >= 0.3 is 0 Å². The third-order valence-electron chi connectivity index (χ3n) is 2.82. The molecule has 4 N–H and O–H groups in total. The lowest BCUT2D eigenvalue weighted by molar-refractivity contribution is -0.248. The van der Waals surface area contributed by atoms with E-state index in [9.17, 15) is 10.2 Å². The average molecular weight is 344 g/mol. The fourth-order valence-corrected chi connectivity index (χ4v) is 1.63. The number of carboxylic acids is 2. The minimum Gasteiger partial charge on any atom is -0.481 e. The molecule has 1 aliphatic rings. The smallest absolute Gasteiger partial charge is 0.300 e. The fourth-order valence-electron chi connectivity index (χ4n) is 1.63. The maximum Gasteiger partial charge on any atom is 0.300 e. The van der Waals surface area contributed by atoms with Gasteiger partial charge in [0.2, 0.25) is 0 Å². The molecule has 8 heteroatoms. The van der Waals surface area contributed by atoms with Crippen molar-refractivity contribution in [1.29, 1.82) is 0 Å². The number of hydrogen-bond acceptors (Lipinski definition) is 6. The van der Waals surface area contributed by atoms with Gasteiger partial charge in [-0.2, -0.15) is 0 Å². The van der Waals surface area contributed by atoms with E-state index < -0.39 is 23.6 Å². The molecule has 0 amide bonds. The normalized spacial score (nSPS) is 16.0. The molecule has 136 valence electrons. The molecule has 0 aliphatic carbocycles. The quantitative estimate of drug-likeness (QED) is 0.635. The van der Waals surface area contributed by atoms with Crippen LogP contribution in [0, 0.1) is 5.41 Å². The predicted octanol–water partition coefficient (Wildman–Crippen LogP) is 0.885. The van der Waals surface area contributed by atoms with E-state index in [-0.39, 0.29) is 13.2 Å². The largest absolute Gasteiger partial charge is 0.481 e. The maximum absolute atomic E-state index is 9.18. The van der Waals surface area contributed by atoms with Gasteiger partial charge in [-0.25, -0.2) is 0 Å². The van der Waals surface area contributed by atoms with Crippen LogP contribution in [0.4, 0.5) is 0 Å². The van der Waals surface area contributed by atoms with Gasteiger partial charge in [-0.05, 0) is 0 Å². The predicted molar refractivity (Wildman–Crippen MR) is 84.3 cm³/mol. The first-order valence-electron chi connectivity index (χ1n) is 7.15. The van der Waals surface area contributed by atoms with E-state index in [0.29, 0.717) is 13.2 Å². The summed E-state index contributed by atoms with van der Waals surface area (Å²) in [4.78, 5) is 18.0. The molecular formula is C16H24O8. The molecule has 1 fully saturated rings. The van der Waals surface area contributed by atoms with Gasteiger partial charge in [0.05, 0.1) is 31.8 Å². The van der Waals surface area contributed by atoms with Crippen molar-refractivity contribution >= 4 is 11.9 Å². The summed E-state index contributed by atoms with van der Waals surface area (Å²) in [5.74, 6) is -1.67. The lowest BCUT2D eigenvalue weighted by atomic mass is 9.91. The van der Waals surface area contributed by atoms with Crippen LogP contribution in [0.15, 0.2) is 30.3 Å². The minimum atomic E-state index is -0.833. The SMILES string of the molecule is CC(=O)O.CC(=O)O.OCC1(CO)COC(c2ccccc2)OC1. The van der Waals surface area contributed by atoms with Gasteiger partial charge in [-0.1, -0.05) is 30.3 Å². The van der Waals surface area contributed by atoms with Crippen LogP contribution in [0.1, 0.15) is 25.7 Å². The number of aliphatic carboxylic acids is 2. The number of ether oxygens (including phenoxy) is 2. The zero-order valence-electron chi connectivity index (χ0n) is 13.7. The summed E-state index contributed by atoms with van der Waals surface area (Å²) in [6.45, 7) is 2.51. The Morgan fingerprint density at radius 2 is 1.38 bits per heavy atom. The Kier molecular flexibility index (Phi) is 10.6. The van der Waals surface area contributed by atoms with E-state index in [1.807, 2.05) is 30.3 Å². The van der Waals surface area contributed by atoms with Crippen molar-refractivity contribution in [3.05, 3.63) is 35.9 Å². The Bertz CT molecular complexity index is 454. The monoisotopic (exact) mass is 344 g/mol. The van der Waals surface area contributed by atoms with E-state index in [1.165, 1.54) is 0 Å². The number of aliphatic hydroxyl groups is 2. The minimum absolute atomic E-state index is 0.134. The average Bonchev–Trinajstić information content (AvgIpc) is 2.55. The maximum atomic E-state index is 9.18. The molecule has 24 heavy (non-hydrogen) atoms. The molecule has 0 radical (unpaired) electrons. The van der Waals surface area contributed by atoms with Crippen molar-refractivity contribution < 1.29 is 39.5 Å². The fraction of sp³-hybridized carbons (Fsp3) is 0.500. The molecule has 0 spiro atoms. The molecule has 1 aromatic rings. The van der Waals surface area contributed by atoms with E-state index in [4.69, 9.17) is 29.3 Å². The molecule has 1 heterocycles. The second-order valence-electron chi connectivity index (χ2n) is 5.22. The summed E-state index contributed by atoms with van der Waals surface area (Å²) >= 11 is 0. The number of carboxylic acid groups (broad SMARTS) is 2. The van der Waals surface area contributed by atoms with Crippen LogP contribution in [0.3, 0.4) is 0 Å². The Hall–Kier alpha value is -2.00. The van der Waals surface area contributed by atoms with Crippen LogP contribution in [0.25, 0.3) is 0 Å². The molecule has 0 atom stereocenters. The van der Waals surface area contributed by atoms with E-state index in [0.717, 1.165) is 19.4 Å². The van der Waals surface area contributed by atoms with Crippen molar-refractivity contribution in [3.63, 3.8) is 0 Å². The summed E-state index contributed by atoms with van der Waals surface area (Å²) in [7, 11) is 0. The number of aliphatic hydroxyl groups excluding tert-OH is 2. The molecule has 0 unspecified atom stereocenters. The van der Waals surface area contributed by atoms with Crippen LogP contribution in [-0.2, 0) is 19.1 Å². The van der Waals surface area contributed by atoms with Gasteiger partial charge in [0, 0.05) is 19.4 Å². The zero-order valence-corrected chi connectivity index (χ0v) is 13.7. The molecule has 0 bridgehead atoms. The van der Waals surface area contributed by atoms with E-state index in [1.54, 1.807) is 0 Å². The first-order valence-corrected chi connectivity index (χ1v) is 7.15.